The predicted molar refractivity (Wildman–Crippen MR) is 68.8 cm³/mol. The zero-order valence-electron chi connectivity index (χ0n) is 10.9. The van der Waals surface area contributed by atoms with Crippen LogP contribution in [0.2, 0.25) is 0 Å². The highest BCUT2D eigenvalue weighted by Gasteiger charge is 2.42. The average Bonchev–Trinajstić information content (AvgIpc) is 3.08. The summed E-state index contributed by atoms with van der Waals surface area (Å²) in [5.41, 5.74) is 0. The molecule has 4 aliphatic carbocycles. The van der Waals surface area contributed by atoms with Crippen LogP contribution < -0.4 is 0 Å². The maximum atomic E-state index is 12.1. The number of hydrogen-bond donors (Lipinski definition) is 0. The standard InChI is InChI=1S/C16H22O2/c17-16(9-14-7-10-1-3-12(14)5-10)18-15-8-11-2-4-13(15)6-11/h2,4,10-15H,1,3,5-9H2. The summed E-state index contributed by atoms with van der Waals surface area (Å²) in [5.74, 6) is 3.71. The molecule has 6 atom stereocenters. The minimum Gasteiger partial charge on any atom is -0.462 e. The molecule has 98 valence electrons. The van der Waals surface area contributed by atoms with Crippen LogP contribution in [0.5, 0.6) is 0 Å². The Morgan fingerprint density at radius 1 is 1.11 bits per heavy atom. The van der Waals surface area contributed by atoms with Gasteiger partial charge >= 0.3 is 5.97 Å². The maximum absolute atomic E-state index is 12.1. The van der Waals surface area contributed by atoms with Gasteiger partial charge in [0.05, 0.1) is 0 Å². The van der Waals surface area contributed by atoms with E-state index in [1.54, 1.807) is 0 Å². The predicted octanol–water partition coefficient (Wildman–Crippen LogP) is 3.32. The molecule has 0 aliphatic heterocycles. The van der Waals surface area contributed by atoms with Crippen LogP contribution in [0.25, 0.3) is 0 Å². The van der Waals surface area contributed by atoms with E-state index in [4.69, 9.17) is 4.74 Å². The van der Waals surface area contributed by atoms with E-state index in [1.807, 2.05) is 0 Å². The summed E-state index contributed by atoms with van der Waals surface area (Å²) >= 11 is 0. The van der Waals surface area contributed by atoms with Crippen LogP contribution in [0.15, 0.2) is 12.2 Å². The zero-order valence-corrected chi connectivity index (χ0v) is 10.9. The van der Waals surface area contributed by atoms with Gasteiger partial charge in [-0.3, -0.25) is 4.79 Å². The van der Waals surface area contributed by atoms with Gasteiger partial charge in [0.2, 0.25) is 0 Å². The molecule has 0 amide bonds. The van der Waals surface area contributed by atoms with Gasteiger partial charge in [-0.25, -0.2) is 0 Å². The van der Waals surface area contributed by atoms with Crippen molar-refractivity contribution >= 4 is 5.97 Å². The van der Waals surface area contributed by atoms with Gasteiger partial charge < -0.3 is 4.74 Å². The first-order chi connectivity index (χ1) is 8.78. The summed E-state index contributed by atoms with van der Waals surface area (Å²) in [6, 6.07) is 0. The molecule has 2 heteroatoms. The Kier molecular flexibility index (Phi) is 2.53. The Bertz CT molecular complexity index is 387. The van der Waals surface area contributed by atoms with Gasteiger partial charge in [-0.05, 0) is 55.8 Å². The maximum Gasteiger partial charge on any atom is 0.306 e. The van der Waals surface area contributed by atoms with Gasteiger partial charge in [-0.15, -0.1) is 0 Å². The van der Waals surface area contributed by atoms with E-state index in [2.05, 4.69) is 12.2 Å². The fourth-order valence-corrected chi connectivity index (χ4v) is 4.92. The second-order valence-corrected chi connectivity index (χ2v) is 6.95. The number of allylic oxidation sites excluding steroid dienone is 1. The molecule has 0 aromatic rings. The second-order valence-electron chi connectivity index (χ2n) is 6.95. The lowest BCUT2D eigenvalue weighted by Gasteiger charge is -2.23. The highest BCUT2D eigenvalue weighted by molar-refractivity contribution is 5.70. The molecule has 0 aromatic carbocycles. The highest BCUT2D eigenvalue weighted by Crippen LogP contribution is 2.50. The second kappa shape index (κ2) is 4.11. The molecule has 6 unspecified atom stereocenters. The minimum atomic E-state index is 0.0819. The van der Waals surface area contributed by atoms with Crippen molar-refractivity contribution in [2.24, 2.45) is 29.6 Å². The number of carbonyl (C=O) groups is 1. The molecular formula is C16H22O2. The molecule has 4 bridgehead atoms. The number of ether oxygens (including phenoxy) is 1. The lowest BCUT2D eigenvalue weighted by Crippen LogP contribution is -2.25. The Hall–Kier alpha value is -0.790. The third-order valence-corrected chi connectivity index (χ3v) is 5.81. The van der Waals surface area contributed by atoms with Crippen molar-refractivity contribution in [1.82, 2.24) is 0 Å². The summed E-state index contributed by atoms with van der Waals surface area (Å²) in [5, 5.41) is 0. The van der Waals surface area contributed by atoms with E-state index < -0.39 is 0 Å². The quantitative estimate of drug-likeness (QED) is 0.564. The van der Waals surface area contributed by atoms with E-state index in [0.717, 1.165) is 18.3 Å². The Balaban J connectivity index is 1.31. The van der Waals surface area contributed by atoms with Gasteiger partial charge in [0, 0.05) is 12.3 Å². The van der Waals surface area contributed by atoms with Gasteiger partial charge in [-0.2, -0.15) is 0 Å². The Labute approximate surface area is 109 Å². The van der Waals surface area contributed by atoms with E-state index in [-0.39, 0.29) is 12.1 Å². The molecule has 2 nitrogen and oxygen atoms in total. The van der Waals surface area contributed by atoms with Crippen LogP contribution in [0.3, 0.4) is 0 Å². The van der Waals surface area contributed by atoms with Crippen LogP contribution >= 0.6 is 0 Å². The molecule has 0 spiro atoms. The van der Waals surface area contributed by atoms with Crippen molar-refractivity contribution in [2.45, 2.75) is 51.0 Å². The molecule has 0 aromatic heterocycles. The molecule has 0 heterocycles. The van der Waals surface area contributed by atoms with Crippen LogP contribution in [0.1, 0.15) is 44.9 Å². The smallest absolute Gasteiger partial charge is 0.306 e. The lowest BCUT2D eigenvalue weighted by atomic mass is 9.86. The highest BCUT2D eigenvalue weighted by atomic mass is 16.5. The van der Waals surface area contributed by atoms with E-state index in [9.17, 15) is 4.79 Å². The zero-order chi connectivity index (χ0) is 12.1. The number of rotatable bonds is 3. The van der Waals surface area contributed by atoms with Crippen LogP contribution in [-0.4, -0.2) is 12.1 Å². The van der Waals surface area contributed by atoms with E-state index in [1.165, 1.54) is 32.1 Å². The first-order valence-corrected chi connectivity index (χ1v) is 7.65. The summed E-state index contributed by atoms with van der Waals surface area (Å²) < 4.78 is 5.72. The van der Waals surface area contributed by atoms with Crippen molar-refractivity contribution in [2.75, 3.05) is 0 Å². The molecule has 4 aliphatic rings. The fraction of sp³-hybridized carbons (Fsp3) is 0.812. The van der Waals surface area contributed by atoms with Gasteiger partial charge in [0.1, 0.15) is 6.10 Å². The third kappa shape index (κ3) is 1.81. The first-order valence-electron chi connectivity index (χ1n) is 7.65. The normalized spacial score (nSPS) is 48.0. The summed E-state index contributed by atoms with van der Waals surface area (Å²) in [6.07, 6.45) is 13.2. The number of carbonyl (C=O) groups excluding carboxylic acids is 1. The number of hydrogen-bond acceptors (Lipinski definition) is 2. The largest absolute Gasteiger partial charge is 0.462 e. The van der Waals surface area contributed by atoms with Crippen LogP contribution in [0, 0.1) is 29.6 Å². The SMILES string of the molecule is O=C(CC1CC2CCC1C2)OC1CC2C=CC1C2. The summed E-state index contributed by atoms with van der Waals surface area (Å²) in [6.45, 7) is 0. The van der Waals surface area contributed by atoms with Gasteiger partial charge in [0.25, 0.3) is 0 Å². The van der Waals surface area contributed by atoms with Gasteiger partial charge in [-0.1, -0.05) is 18.6 Å². The number of fused-ring (bicyclic) bond motifs is 4. The molecule has 3 fully saturated rings. The monoisotopic (exact) mass is 246 g/mol. The average molecular weight is 246 g/mol. The van der Waals surface area contributed by atoms with E-state index in [0.29, 0.717) is 24.2 Å². The molecule has 18 heavy (non-hydrogen) atoms. The van der Waals surface area contributed by atoms with Crippen molar-refractivity contribution in [1.29, 1.82) is 0 Å². The summed E-state index contributed by atoms with van der Waals surface area (Å²) in [7, 11) is 0. The minimum absolute atomic E-state index is 0.0819. The molecule has 4 rings (SSSR count). The molecular weight excluding hydrogens is 224 g/mol. The van der Waals surface area contributed by atoms with Crippen molar-refractivity contribution in [3.8, 4) is 0 Å². The summed E-state index contributed by atoms with van der Waals surface area (Å²) in [4.78, 5) is 12.1. The van der Waals surface area contributed by atoms with Crippen LogP contribution in [-0.2, 0) is 9.53 Å². The molecule has 0 N–H and O–H groups in total. The van der Waals surface area contributed by atoms with Gasteiger partial charge in [0.15, 0.2) is 0 Å². The van der Waals surface area contributed by atoms with Crippen LogP contribution in [0.4, 0.5) is 0 Å². The third-order valence-electron chi connectivity index (χ3n) is 5.81. The fourth-order valence-electron chi connectivity index (χ4n) is 4.92. The molecule has 3 saturated carbocycles. The van der Waals surface area contributed by atoms with Crippen molar-refractivity contribution < 1.29 is 9.53 Å². The van der Waals surface area contributed by atoms with E-state index >= 15 is 0 Å². The topological polar surface area (TPSA) is 26.3 Å². The van der Waals surface area contributed by atoms with Crippen molar-refractivity contribution in [3.63, 3.8) is 0 Å². The Morgan fingerprint density at radius 2 is 2.06 bits per heavy atom. The molecule has 0 saturated heterocycles. The van der Waals surface area contributed by atoms with Crippen molar-refractivity contribution in [3.05, 3.63) is 12.2 Å². The number of esters is 1. The first kappa shape index (κ1) is 11.1. The molecule has 0 radical (unpaired) electrons. The Morgan fingerprint density at radius 3 is 2.67 bits per heavy atom. The lowest BCUT2D eigenvalue weighted by molar-refractivity contribution is -0.151.